The normalized spacial score (nSPS) is 43.5. The lowest BCUT2D eigenvalue weighted by Gasteiger charge is -2.70. The average Bonchev–Trinajstić information content (AvgIpc) is 2.90. The zero-order valence-corrected chi connectivity index (χ0v) is 26.9. The molecule has 0 aromatic heterocycles. The number of allylic oxidation sites excluding steroid dienone is 2. The Morgan fingerprint density at radius 1 is 0.786 bits per heavy atom. The molecular formula is C37H52O5. The highest BCUT2D eigenvalue weighted by atomic mass is 16.5. The molecule has 8 atom stereocenters. The molecule has 0 saturated heterocycles. The molecule has 0 spiro atoms. The van der Waals surface area contributed by atoms with Gasteiger partial charge in [-0.2, -0.15) is 0 Å². The molecule has 4 saturated carbocycles. The van der Waals surface area contributed by atoms with Gasteiger partial charge in [0.2, 0.25) is 0 Å². The number of aromatic hydroxyl groups is 1. The Labute approximate surface area is 252 Å². The van der Waals surface area contributed by atoms with Gasteiger partial charge in [0.15, 0.2) is 0 Å². The number of hydrogen-bond donors (Lipinski definition) is 2. The van der Waals surface area contributed by atoms with E-state index in [9.17, 15) is 19.8 Å². The van der Waals surface area contributed by atoms with Crippen molar-refractivity contribution in [2.45, 2.75) is 119 Å². The van der Waals surface area contributed by atoms with Crippen LogP contribution in [0.2, 0.25) is 0 Å². The van der Waals surface area contributed by atoms with E-state index in [-0.39, 0.29) is 50.8 Å². The quantitative estimate of drug-likeness (QED) is 0.277. The number of benzene rings is 1. The maximum atomic E-state index is 13.1. The van der Waals surface area contributed by atoms with E-state index in [2.05, 4.69) is 54.5 Å². The number of phenolic OH excluding ortho intramolecular Hbond substituents is 1. The van der Waals surface area contributed by atoms with Gasteiger partial charge in [-0.25, -0.2) is 4.79 Å². The average molecular weight is 577 g/mol. The smallest absolute Gasteiger partial charge is 0.338 e. The number of ether oxygens (including phenoxy) is 1. The second kappa shape index (κ2) is 9.35. The maximum absolute atomic E-state index is 13.1. The van der Waals surface area contributed by atoms with Crippen LogP contribution in [0.4, 0.5) is 0 Å². The van der Waals surface area contributed by atoms with Crippen LogP contribution >= 0.6 is 0 Å². The van der Waals surface area contributed by atoms with E-state index in [0.29, 0.717) is 23.8 Å². The molecule has 5 heteroatoms. The van der Waals surface area contributed by atoms with Crippen LogP contribution < -0.4 is 0 Å². The van der Waals surface area contributed by atoms with Crippen LogP contribution in [0.25, 0.3) is 0 Å². The molecule has 5 aliphatic rings. The second-order valence-electron chi connectivity index (χ2n) is 17.0. The molecule has 4 fully saturated rings. The topological polar surface area (TPSA) is 83.8 Å². The summed E-state index contributed by atoms with van der Waals surface area (Å²) in [6.07, 6.45) is 12.0. The highest BCUT2D eigenvalue weighted by Crippen LogP contribution is 2.75. The number of aliphatic carboxylic acids is 1. The second-order valence-corrected chi connectivity index (χ2v) is 17.0. The lowest BCUT2D eigenvalue weighted by Crippen LogP contribution is -2.64. The number of phenols is 1. The highest BCUT2D eigenvalue weighted by Gasteiger charge is 2.68. The van der Waals surface area contributed by atoms with Crippen LogP contribution in [0, 0.1) is 50.2 Å². The van der Waals surface area contributed by atoms with Crippen LogP contribution in [-0.2, 0) is 9.53 Å². The van der Waals surface area contributed by atoms with Gasteiger partial charge >= 0.3 is 11.9 Å². The number of carboxylic acids is 1. The van der Waals surface area contributed by atoms with E-state index in [1.165, 1.54) is 12.1 Å². The Morgan fingerprint density at radius 2 is 1.40 bits per heavy atom. The van der Waals surface area contributed by atoms with E-state index >= 15 is 0 Å². The van der Waals surface area contributed by atoms with Crippen molar-refractivity contribution in [3.05, 3.63) is 41.5 Å². The van der Waals surface area contributed by atoms with Gasteiger partial charge in [0, 0.05) is 5.41 Å². The van der Waals surface area contributed by atoms with Gasteiger partial charge in [0.1, 0.15) is 11.9 Å². The summed E-state index contributed by atoms with van der Waals surface area (Å²) < 4.78 is 6.21. The van der Waals surface area contributed by atoms with Crippen molar-refractivity contribution in [1.29, 1.82) is 0 Å². The Kier molecular flexibility index (Phi) is 6.62. The molecule has 0 radical (unpaired) electrons. The zero-order valence-electron chi connectivity index (χ0n) is 26.9. The Balaban J connectivity index is 1.30. The fraction of sp³-hybridized carbons (Fsp3) is 0.730. The molecule has 0 amide bonds. The summed E-state index contributed by atoms with van der Waals surface area (Å²) in [5.74, 6) is 0.406. The van der Waals surface area contributed by atoms with Crippen molar-refractivity contribution in [2.75, 3.05) is 0 Å². The van der Waals surface area contributed by atoms with Gasteiger partial charge in [0.05, 0.1) is 11.0 Å². The molecule has 1 aromatic rings. The number of carbonyl (C=O) groups excluding carboxylic acids is 1. The van der Waals surface area contributed by atoms with E-state index in [0.717, 1.165) is 57.8 Å². The molecule has 0 heterocycles. The van der Waals surface area contributed by atoms with Crippen molar-refractivity contribution in [3.63, 3.8) is 0 Å². The van der Waals surface area contributed by atoms with Crippen molar-refractivity contribution in [2.24, 2.45) is 50.2 Å². The molecule has 230 valence electrons. The highest BCUT2D eigenvalue weighted by molar-refractivity contribution is 5.89. The van der Waals surface area contributed by atoms with Crippen LogP contribution in [0.3, 0.4) is 0 Å². The minimum absolute atomic E-state index is 0.0656. The van der Waals surface area contributed by atoms with Gasteiger partial charge < -0.3 is 14.9 Å². The monoisotopic (exact) mass is 576 g/mol. The van der Waals surface area contributed by atoms with E-state index in [1.807, 2.05) is 0 Å². The lowest BCUT2D eigenvalue weighted by molar-refractivity contribution is -0.190. The zero-order chi connectivity index (χ0) is 30.5. The fourth-order valence-corrected chi connectivity index (χ4v) is 11.9. The van der Waals surface area contributed by atoms with Crippen LogP contribution in [0.1, 0.15) is 123 Å². The molecule has 5 nitrogen and oxygen atoms in total. The first-order valence-electron chi connectivity index (χ1n) is 16.4. The van der Waals surface area contributed by atoms with Gasteiger partial charge in [-0.3, -0.25) is 4.79 Å². The molecule has 6 rings (SSSR count). The largest absolute Gasteiger partial charge is 0.508 e. The molecular weight excluding hydrogens is 524 g/mol. The number of esters is 1. The van der Waals surface area contributed by atoms with Gasteiger partial charge in [0.25, 0.3) is 0 Å². The van der Waals surface area contributed by atoms with Gasteiger partial charge in [-0.15, -0.1) is 0 Å². The maximum Gasteiger partial charge on any atom is 0.338 e. The standard InChI is InChI=1S/C37H52O5/c1-32(2)20-21-37(31(40)41)19-14-27-35(6)16-12-25-33(3,4)29(42-30(39)23-8-10-24(38)11-9-23)15-18-34(25,5)26(35)13-17-36(27,7)28(37)22-32/h8-11,14,25-26,28-29,38H,12-13,15-22H2,1-7H3,(H,40,41)/t25-,26+,28+,29-,34-,35+,36+,37+/m0/s1. The molecule has 2 N–H and O–H groups in total. The van der Waals surface area contributed by atoms with Crippen LogP contribution in [-0.4, -0.2) is 28.3 Å². The molecule has 0 bridgehead atoms. The summed E-state index contributed by atoms with van der Waals surface area (Å²) in [5, 5.41) is 20.3. The number of carbonyl (C=O) groups is 2. The van der Waals surface area contributed by atoms with Gasteiger partial charge in [-0.1, -0.05) is 60.1 Å². The summed E-state index contributed by atoms with van der Waals surface area (Å²) in [5.41, 5.74) is 1.57. The third-order valence-electron chi connectivity index (χ3n) is 14.1. The number of carboxylic acid groups (broad SMARTS) is 1. The number of rotatable bonds is 3. The lowest BCUT2D eigenvalue weighted by atomic mass is 9.34. The minimum Gasteiger partial charge on any atom is -0.508 e. The summed E-state index contributed by atoms with van der Waals surface area (Å²) >= 11 is 0. The fourth-order valence-electron chi connectivity index (χ4n) is 11.9. The molecule has 0 aliphatic heterocycles. The van der Waals surface area contributed by atoms with Crippen molar-refractivity contribution >= 4 is 11.9 Å². The first-order chi connectivity index (χ1) is 19.5. The van der Waals surface area contributed by atoms with Crippen molar-refractivity contribution in [1.82, 2.24) is 0 Å². The SMILES string of the molecule is CC1(C)CC[C@]2(C(=O)O)CC=C3[C@]4(C)CC[C@H]5C(C)(C)[C@@H](OC(=O)c6ccc(O)cc6)CC[C@]5(C)[C@H]4CC[C@@]3(C)[C@H]2C1. The third-order valence-corrected chi connectivity index (χ3v) is 14.1. The number of hydrogen-bond acceptors (Lipinski definition) is 4. The Morgan fingerprint density at radius 3 is 2.05 bits per heavy atom. The van der Waals surface area contributed by atoms with Crippen molar-refractivity contribution in [3.8, 4) is 5.75 Å². The Bertz CT molecular complexity index is 1310. The predicted molar refractivity (Wildman–Crippen MR) is 164 cm³/mol. The number of fused-ring (bicyclic) bond motifs is 7. The first-order valence-corrected chi connectivity index (χ1v) is 16.4. The molecule has 5 aliphatic carbocycles. The molecule has 0 unspecified atom stereocenters. The molecule has 42 heavy (non-hydrogen) atoms. The van der Waals surface area contributed by atoms with Crippen LogP contribution in [0.15, 0.2) is 35.9 Å². The van der Waals surface area contributed by atoms with Crippen LogP contribution in [0.5, 0.6) is 5.75 Å². The molecule has 1 aromatic carbocycles. The summed E-state index contributed by atoms with van der Waals surface area (Å²) in [6.45, 7) is 16.8. The summed E-state index contributed by atoms with van der Waals surface area (Å²) in [6, 6.07) is 6.33. The van der Waals surface area contributed by atoms with Crippen molar-refractivity contribution < 1.29 is 24.5 Å². The van der Waals surface area contributed by atoms with E-state index in [1.54, 1.807) is 17.7 Å². The summed E-state index contributed by atoms with van der Waals surface area (Å²) in [7, 11) is 0. The summed E-state index contributed by atoms with van der Waals surface area (Å²) in [4.78, 5) is 26.1. The van der Waals surface area contributed by atoms with Gasteiger partial charge in [-0.05, 0) is 128 Å². The predicted octanol–water partition coefficient (Wildman–Crippen LogP) is 8.80. The Hall–Kier alpha value is -2.30. The minimum atomic E-state index is -0.625. The third kappa shape index (κ3) is 4.07. The van der Waals surface area contributed by atoms with E-state index in [4.69, 9.17) is 4.74 Å². The first kappa shape index (κ1) is 29.8. The van der Waals surface area contributed by atoms with E-state index < -0.39 is 11.4 Å².